The van der Waals surface area contributed by atoms with E-state index < -0.39 is 17.6 Å². The Morgan fingerprint density at radius 2 is 1.57 bits per heavy atom. The molecule has 5 nitrogen and oxygen atoms in total. The number of nitrogens with zero attached hydrogens (tertiary/aromatic N) is 2. The van der Waals surface area contributed by atoms with Crippen LogP contribution in [0.25, 0.3) is 0 Å². The highest BCUT2D eigenvalue weighted by atomic mass is 19.4. The van der Waals surface area contributed by atoms with Crippen LogP contribution in [0.3, 0.4) is 0 Å². The van der Waals surface area contributed by atoms with E-state index in [1.165, 1.54) is 6.20 Å². The van der Waals surface area contributed by atoms with Crippen molar-refractivity contribution in [3.63, 3.8) is 0 Å². The molecule has 0 fully saturated rings. The third-order valence-corrected chi connectivity index (χ3v) is 3.78. The molecule has 0 aliphatic rings. The molecule has 0 aliphatic carbocycles. The molecule has 0 bridgehead atoms. The number of aromatic nitrogens is 1. The SMILES string of the molecule is N#Cc1ccc(Nc2ccc(NC(=O)c3ccc(C(F)(F)F)cc3)cn2)cc1. The molecular weight excluding hydrogens is 369 g/mol. The van der Waals surface area contributed by atoms with Gasteiger partial charge in [-0.15, -0.1) is 0 Å². The van der Waals surface area contributed by atoms with Crippen LogP contribution in [0.2, 0.25) is 0 Å². The van der Waals surface area contributed by atoms with Gasteiger partial charge in [-0.05, 0) is 60.7 Å². The van der Waals surface area contributed by atoms with Crippen molar-refractivity contribution in [3.05, 3.63) is 83.6 Å². The summed E-state index contributed by atoms with van der Waals surface area (Å²) >= 11 is 0. The normalized spacial score (nSPS) is 10.8. The molecule has 3 rings (SSSR count). The summed E-state index contributed by atoms with van der Waals surface area (Å²) in [6, 6.07) is 16.0. The van der Waals surface area contributed by atoms with Gasteiger partial charge in [0, 0.05) is 11.3 Å². The Balaban J connectivity index is 1.63. The number of rotatable bonds is 4. The highest BCUT2D eigenvalue weighted by Crippen LogP contribution is 2.29. The minimum Gasteiger partial charge on any atom is -0.340 e. The highest BCUT2D eigenvalue weighted by Gasteiger charge is 2.30. The third-order valence-electron chi connectivity index (χ3n) is 3.78. The lowest BCUT2D eigenvalue weighted by molar-refractivity contribution is -0.137. The molecule has 0 saturated heterocycles. The number of benzene rings is 2. The number of halogens is 3. The average molecular weight is 382 g/mol. The van der Waals surface area contributed by atoms with Gasteiger partial charge in [0.25, 0.3) is 5.91 Å². The van der Waals surface area contributed by atoms with Crippen LogP contribution in [0.15, 0.2) is 66.9 Å². The first-order valence-corrected chi connectivity index (χ1v) is 8.07. The number of hydrogen-bond acceptors (Lipinski definition) is 4. The Bertz CT molecular complexity index is 1010. The molecule has 0 aliphatic heterocycles. The van der Waals surface area contributed by atoms with E-state index in [0.717, 1.165) is 30.0 Å². The van der Waals surface area contributed by atoms with Crippen molar-refractivity contribution in [2.24, 2.45) is 0 Å². The summed E-state index contributed by atoms with van der Waals surface area (Å²) in [7, 11) is 0. The van der Waals surface area contributed by atoms with Gasteiger partial charge in [0.15, 0.2) is 0 Å². The van der Waals surface area contributed by atoms with Crippen LogP contribution >= 0.6 is 0 Å². The molecule has 1 heterocycles. The summed E-state index contributed by atoms with van der Waals surface area (Å²) in [6.45, 7) is 0. The Morgan fingerprint density at radius 1 is 0.929 bits per heavy atom. The number of carbonyl (C=O) groups is 1. The molecule has 140 valence electrons. The number of nitrogens with one attached hydrogen (secondary N) is 2. The summed E-state index contributed by atoms with van der Waals surface area (Å²) in [5.41, 5.74) is 0.972. The second kappa shape index (κ2) is 7.80. The molecule has 0 unspecified atom stereocenters. The second-order valence-electron chi connectivity index (χ2n) is 5.78. The van der Waals surface area contributed by atoms with Gasteiger partial charge in [0.05, 0.1) is 29.1 Å². The lowest BCUT2D eigenvalue weighted by Gasteiger charge is -2.09. The molecule has 2 aromatic carbocycles. The van der Waals surface area contributed by atoms with Crippen molar-refractivity contribution in [1.82, 2.24) is 4.98 Å². The Morgan fingerprint density at radius 3 is 2.11 bits per heavy atom. The average Bonchev–Trinajstić information content (AvgIpc) is 2.69. The minimum atomic E-state index is -4.45. The molecule has 1 amide bonds. The van der Waals surface area contributed by atoms with E-state index in [0.29, 0.717) is 17.1 Å². The number of carbonyl (C=O) groups excluding carboxylic acids is 1. The summed E-state index contributed by atoms with van der Waals surface area (Å²) in [6.07, 6.45) is -3.02. The molecule has 8 heteroatoms. The zero-order chi connectivity index (χ0) is 20.1. The van der Waals surface area contributed by atoms with Crippen molar-refractivity contribution in [2.45, 2.75) is 6.18 Å². The van der Waals surface area contributed by atoms with Crippen molar-refractivity contribution in [1.29, 1.82) is 5.26 Å². The molecule has 1 aromatic heterocycles. The van der Waals surface area contributed by atoms with E-state index in [4.69, 9.17) is 5.26 Å². The van der Waals surface area contributed by atoms with Gasteiger partial charge in [-0.3, -0.25) is 4.79 Å². The predicted molar refractivity (Wildman–Crippen MR) is 98.1 cm³/mol. The third kappa shape index (κ3) is 4.65. The monoisotopic (exact) mass is 382 g/mol. The molecule has 3 aromatic rings. The lowest BCUT2D eigenvalue weighted by Crippen LogP contribution is -2.13. The van der Waals surface area contributed by atoms with Crippen molar-refractivity contribution < 1.29 is 18.0 Å². The summed E-state index contributed by atoms with van der Waals surface area (Å²) < 4.78 is 37.7. The summed E-state index contributed by atoms with van der Waals surface area (Å²) in [5.74, 6) is -0.0134. The van der Waals surface area contributed by atoms with Crippen LogP contribution in [0.1, 0.15) is 21.5 Å². The van der Waals surface area contributed by atoms with Gasteiger partial charge in [-0.2, -0.15) is 18.4 Å². The zero-order valence-corrected chi connectivity index (χ0v) is 14.3. The summed E-state index contributed by atoms with van der Waals surface area (Å²) in [4.78, 5) is 16.3. The van der Waals surface area contributed by atoms with Gasteiger partial charge >= 0.3 is 6.18 Å². The molecule has 2 N–H and O–H groups in total. The van der Waals surface area contributed by atoms with E-state index in [2.05, 4.69) is 15.6 Å². The van der Waals surface area contributed by atoms with Gasteiger partial charge < -0.3 is 10.6 Å². The topological polar surface area (TPSA) is 77.8 Å². The van der Waals surface area contributed by atoms with E-state index in [1.807, 2.05) is 6.07 Å². The van der Waals surface area contributed by atoms with E-state index >= 15 is 0 Å². The zero-order valence-electron chi connectivity index (χ0n) is 14.3. The first kappa shape index (κ1) is 18.9. The van der Waals surface area contributed by atoms with E-state index in [-0.39, 0.29) is 5.56 Å². The van der Waals surface area contributed by atoms with Gasteiger partial charge in [0.1, 0.15) is 5.82 Å². The molecule has 0 saturated carbocycles. The maximum Gasteiger partial charge on any atom is 0.416 e. The van der Waals surface area contributed by atoms with Gasteiger partial charge in [0.2, 0.25) is 0 Å². The Kier molecular flexibility index (Phi) is 5.27. The second-order valence-corrected chi connectivity index (χ2v) is 5.78. The smallest absolute Gasteiger partial charge is 0.340 e. The number of amides is 1. The van der Waals surface area contributed by atoms with Crippen LogP contribution in [0.4, 0.5) is 30.4 Å². The molecule has 0 spiro atoms. The minimum absolute atomic E-state index is 0.104. The van der Waals surface area contributed by atoms with E-state index in [9.17, 15) is 18.0 Å². The fourth-order valence-corrected chi connectivity index (χ4v) is 2.33. The highest BCUT2D eigenvalue weighted by molar-refractivity contribution is 6.04. The first-order chi connectivity index (χ1) is 13.3. The Labute approximate surface area is 158 Å². The molecule has 28 heavy (non-hydrogen) atoms. The van der Waals surface area contributed by atoms with Crippen molar-refractivity contribution in [2.75, 3.05) is 10.6 Å². The maximum absolute atomic E-state index is 12.6. The van der Waals surface area contributed by atoms with Crippen LogP contribution in [-0.4, -0.2) is 10.9 Å². The number of alkyl halides is 3. The standard InChI is InChI=1S/C20H13F3N4O/c21-20(22,23)15-5-3-14(4-6-15)19(28)27-17-9-10-18(25-12-17)26-16-7-1-13(11-24)2-8-16/h1-10,12H,(H,25,26)(H,27,28). The largest absolute Gasteiger partial charge is 0.416 e. The summed E-state index contributed by atoms with van der Waals surface area (Å²) in [5, 5.41) is 14.4. The molecule has 0 atom stereocenters. The first-order valence-electron chi connectivity index (χ1n) is 8.07. The van der Waals surface area contributed by atoms with E-state index in [1.54, 1.807) is 36.4 Å². The number of nitriles is 1. The van der Waals surface area contributed by atoms with Crippen LogP contribution in [0, 0.1) is 11.3 Å². The molecule has 0 radical (unpaired) electrons. The quantitative estimate of drug-likeness (QED) is 0.668. The fraction of sp³-hybridized carbons (Fsp3) is 0.0500. The molecular formula is C20H13F3N4O. The van der Waals surface area contributed by atoms with Crippen molar-refractivity contribution in [3.8, 4) is 6.07 Å². The van der Waals surface area contributed by atoms with Crippen LogP contribution in [0.5, 0.6) is 0 Å². The van der Waals surface area contributed by atoms with Gasteiger partial charge in [-0.1, -0.05) is 0 Å². The fourth-order valence-electron chi connectivity index (χ4n) is 2.33. The predicted octanol–water partition coefficient (Wildman–Crippen LogP) is 4.97. The number of pyridine rings is 1. The number of anilines is 3. The van der Waals surface area contributed by atoms with Crippen LogP contribution < -0.4 is 10.6 Å². The van der Waals surface area contributed by atoms with Crippen molar-refractivity contribution >= 4 is 23.1 Å². The lowest BCUT2D eigenvalue weighted by atomic mass is 10.1. The number of hydrogen-bond donors (Lipinski definition) is 2. The van der Waals surface area contributed by atoms with Crippen LogP contribution in [-0.2, 0) is 6.18 Å². The Hall–Kier alpha value is -3.86. The van der Waals surface area contributed by atoms with Gasteiger partial charge in [-0.25, -0.2) is 4.98 Å². The maximum atomic E-state index is 12.6.